The molecule has 1 N–H and O–H groups in total. The fraction of sp³-hybridized carbons (Fsp3) is 0.214. The average Bonchev–Trinajstić information content (AvgIpc) is 3.18. The predicted molar refractivity (Wildman–Crippen MR) is 133 cm³/mol. The van der Waals surface area contributed by atoms with Crippen LogP contribution in [0.5, 0.6) is 5.75 Å². The summed E-state index contributed by atoms with van der Waals surface area (Å²) < 4.78 is 8.17. The maximum atomic E-state index is 12.3. The molecule has 0 aliphatic rings. The Kier molecular flexibility index (Phi) is 7.20. The molecule has 0 aliphatic heterocycles. The molecule has 0 saturated carbocycles. The Balaban J connectivity index is 1.39. The van der Waals surface area contributed by atoms with E-state index in [9.17, 15) is 4.79 Å². The summed E-state index contributed by atoms with van der Waals surface area (Å²) in [5, 5.41) is 2.96. The van der Waals surface area contributed by atoms with Crippen LogP contribution >= 0.6 is 0 Å². The molecule has 0 unspecified atom stereocenters. The minimum atomic E-state index is -0.143. The molecule has 0 bridgehead atoms. The number of carbonyl (C=O) groups is 1. The Bertz CT molecular complexity index is 1260. The second-order valence-electron chi connectivity index (χ2n) is 8.10. The summed E-state index contributed by atoms with van der Waals surface area (Å²) in [4.78, 5) is 17.1. The van der Waals surface area contributed by atoms with Crippen molar-refractivity contribution in [3.8, 4) is 5.75 Å². The number of rotatable bonds is 9. The van der Waals surface area contributed by atoms with Crippen molar-refractivity contribution in [1.29, 1.82) is 0 Å². The quantitative estimate of drug-likeness (QED) is 0.279. The van der Waals surface area contributed by atoms with Crippen LogP contribution in [0, 0.1) is 13.8 Å². The first-order valence-electron chi connectivity index (χ1n) is 11.3. The van der Waals surface area contributed by atoms with Gasteiger partial charge in [0.1, 0.15) is 11.6 Å². The van der Waals surface area contributed by atoms with Crippen molar-refractivity contribution in [2.75, 3.05) is 6.61 Å². The molecule has 3 aromatic carbocycles. The van der Waals surface area contributed by atoms with E-state index in [2.05, 4.69) is 41.9 Å². The third-order valence-corrected chi connectivity index (χ3v) is 5.50. The molecule has 0 saturated heterocycles. The predicted octanol–water partition coefficient (Wildman–Crippen LogP) is 5.45. The Hall–Kier alpha value is -3.86. The van der Waals surface area contributed by atoms with Crippen LogP contribution in [-0.2, 0) is 17.9 Å². The molecular weight excluding hydrogens is 410 g/mol. The first kappa shape index (κ1) is 22.3. The smallest absolute Gasteiger partial charge is 0.244 e. The van der Waals surface area contributed by atoms with Crippen molar-refractivity contribution in [3.05, 3.63) is 101 Å². The lowest BCUT2D eigenvalue weighted by atomic mass is 10.1. The lowest BCUT2D eigenvalue weighted by molar-refractivity contribution is -0.116. The molecule has 0 aliphatic carbocycles. The molecule has 1 amide bonds. The van der Waals surface area contributed by atoms with Crippen molar-refractivity contribution >= 4 is 23.0 Å². The van der Waals surface area contributed by atoms with E-state index >= 15 is 0 Å². The molecule has 33 heavy (non-hydrogen) atoms. The normalized spacial score (nSPS) is 11.2. The van der Waals surface area contributed by atoms with Gasteiger partial charge in [-0.25, -0.2) is 4.98 Å². The summed E-state index contributed by atoms with van der Waals surface area (Å²) in [5.74, 6) is 1.62. The summed E-state index contributed by atoms with van der Waals surface area (Å²) in [7, 11) is 0. The third-order valence-electron chi connectivity index (χ3n) is 5.50. The van der Waals surface area contributed by atoms with E-state index < -0.39 is 0 Å². The topological polar surface area (TPSA) is 56.1 Å². The molecule has 168 valence electrons. The number of fused-ring (bicyclic) bond motifs is 1. The van der Waals surface area contributed by atoms with E-state index in [0.717, 1.165) is 46.7 Å². The Morgan fingerprint density at radius 2 is 1.82 bits per heavy atom. The number of amides is 1. The first-order chi connectivity index (χ1) is 16.1. The number of para-hydroxylation sites is 2. The highest BCUT2D eigenvalue weighted by molar-refractivity contribution is 5.91. The van der Waals surface area contributed by atoms with Crippen LogP contribution in [0.4, 0.5) is 0 Å². The molecule has 4 aromatic rings. The van der Waals surface area contributed by atoms with Crippen molar-refractivity contribution in [2.24, 2.45) is 0 Å². The number of nitrogens with one attached hydrogen (secondary N) is 1. The molecule has 0 fully saturated rings. The highest BCUT2D eigenvalue weighted by Crippen LogP contribution is 2.20. The zero-order valence-electron chi connectivity index (χ0n) is 19.1. The minimum absolute atomic E-state index is 0.143. The number of carbonyl (C=O) groups excluding carboxylic acids is 1. The van der Waals surface area contributed by atoms with Crippen LogP contribution < -0.4 is 10.1 Å². The van der Waals surface area contributed by atoms with E-state index in [4.69, 9.17) is 9.72 Å². The van der Waals surface area contributed by atoms with Gasteiger partial charge in [0.15, 0.2) is 0 Å². The van der Waals surface area contributed by atoms with Crippen LogP contribution in [0.2, 0.25) is 0 Å². The number of nitrogens with zero attached hydrogens (tertiary/aromatic N) is 2. The lowest BCUT2D eigenvalue weighted by Crippen LogP contribution is -2.23. The van der Waals surface area contributed by atoms with Crippen molar-refractivity contribution in [1.82, 2.24) is 14.9 Å². The molecule has 4 rings (SSSR count). The average molecular weight is 440 g/mol. The van der Waals surface area contributed by atoms with Gasteiger partial charge >= 0.3 is 0 Å². The van der Waals surface area contributed by atoms with Crippen LogP contribution in [0.25, 0.3) is 17.1 Å². The van der Waals surface area contributed by atoms with Crippen LogP contribution in [0.15, 0.2) is 78.9 Å². The minimum Gasteiger partial charge on any atom is -0.493 e. The Morgan fingerprint density at radius 3 is 2.64 bits per heavy atom. The summed E-state index contributed by atoms with van der Waals surface area (Å²) in [6.07, 6.45) is 4.20. The molecule has 0 atom stereocenters. The largest absolute Gasteiger partial charge is 0.493 e. The van der Waals surface area contributed by atoms with Gasteiger partial charge < -0.3 is 14.6 Å². The molecule has 0 spiro atoms. The number of imidazole rings is 1. The Labute approximate surface area is 194 Å². The van der Waals surface area contributed by atoms with E-state index in [1.54, 1.807) is 6.08 Å². The fourth-order valence-electron chi connectivity index (χ4n) is 3.84. The highest BCUT2D eigenvalue weighted by Gasteiger charge is 2.11. The van der Waals surface area contributed by atoms with E-state index in [1.165, 1.54) is 5.56 Å². The number of benzene rings is 3. The zero-order chi connectivity index (χ0) is 23.0. The first-order valence-corrected chi connectivity index (χ1v) is 11.3. The number of aryl methyl sites for hydroxylation is 3. The van der Waals surface area contributed by atoms with Gasteiger partial charge in [-0.15, -0.1) is 0 Å². The van der Waals surface area contributed by atoms with Crippen LogP contribution in [0.3, 0.4) is 0 Å². The van der Waals surface area contributed by atoms with Gasteiger partial charge in [-0.2, -0.15) is 0 Å². The monoisotopic (exact) mass is 439 g/mol. The standard InChI is InChI=1S/C28H29N3O2/c1-21-13-15-26(22(2)19-21)33-18-8-17-31-25-12-7-6-11-24(25)30-27(31)20-29-28(32)16-14-23-9-4-3-5-10-23/h3-7,9-16,19H,8,17-18,20H2,1-2H3,(H,29,32)/b16-14-. The molecule has 5 nitrogen and oxygen atoms in total. The molecule has 1 heterocycles. The summed E-state index contributed by atoms with van der Waals surface area (Å²) in [6.45, 7) is 5.89. The van der Waals surface area contributed by atoms with E-state index in [0.29, 0.717) is 13.2 Å². The lowest BCUT2D eigenvalue weighted by Gasteiger charge is -2.12. The number of aromatic nitrogens is 2. The van der Waals surface area contributed by atoms with Gasteiger partial charge in [0.2, 0.25) is 5.91 Å². The molecular formula is C28H29N3O2. The second kappa shape index (κ2) is 10.6. The fourth-order valence-corrected chi connectivity index (χ4v) is 3.84. The van der Waals surface area contributed by atoms with Crippen LogP contribution in [0.1, 0.15) is 28.9 Å². The second-order valence-corrected chi connectivity index (χ2v) is 8.10. The van der Waals surface area contributed by atoms with E-state index in [-0.39, 0.29) is 5.91 Å². The third kappa shape index (κ3) is 5.89. The summed E-state index contributed by atoms with van der Waals surface area (Å²) in [6, 6.07) is 24.1. The number of hydrogen-bond donors (Lipinski definition) is 1. The zero-order valence-corrected chi connectivity index (χ0v) is 19.1. The van der Waals surface area contributed by atoms with Gasteiger partial charge in [0.25, 0.3) is 0 Å². The Morgan fingerprint density at radius 1 is 1.03 bits per heavy atom. The number of ether oxygens (including phenoxy) is 1. The summed E-state index contributed by atoms with van der Waals surface area (Å²) in [5.41, 5.74) is 5.36. The van der Waals surface area contributed by atoms with Crippen molar-refractivity contribution in [3.63, 3.8) is 0 Å². The maximum absolute atomic E-state index is 12.3. The molecule has 1 aromatic heterocycles. The van der Waals surface area contributed by atoms with Gasteiger partial charge in [0, 0.05) is 12.6 Å². The van der Waals surface area contributed by atoms with Gasteiger partial charge in [-0.3, -0.25) is 4.79 Å². The van der Waals surface area contributed by atoms with Crippen molar-refractivity contribution in [2.45, 2.75) is 33.4 Å². The molecule has 0 radical (unpaired) electrons. The summed E-state index contributed by atoms with van der Waals surface area (Å²) >= 11 is 0. The maximum Gasteiger partial charge on any atom is 0.244 e. The van der Waals surface area contributed by atoms with Gasteiger partial charge in [-0.05, 0) is 55.7 Å². The molecule has 5 heteroatoms. The van der Waals surface area contributed by atoms with E-state index in [1.807, 2.05) is 60.7 Å². The van der Waals surface area contributed by atoms with Gasteiger partial charge in [0.05, 0.1) is 24.2 Å². The SMILES string of the molecule is Cc1ccc(OCCCn2c(CNC(=O)/C=C\c3ccccc3)nc3ccccc32)c(C)c1. The number of hydrogen-bond acceptors (Lipinski definition) is 3. The van der Waals surface area contributed by atoms with Crippen molar-refractivity contribution < 1.29 is 9.53 Å². The van der Waals surface area contributed by atoms with Crippen LogP contribution in [-0.4, -0.2) is 22.1 Å². The van der Waals surface area contributed by atoms with Gasteiger partial charge in [-0.1, -0.05) is 60.2 Å². The highest BCUT2D eigenvalue weighted by atomic mass is 16.5.